The van der Waals surface area contributed by atoms with E-state index in [0.29, 0.717) is 16.5 Å². The van der Waals surface area contributed by atoms with Gasteiger partial charge in [0.05, 0.1) is 12.0 Å². The van der Waals surface area contributed by atoms with Gasteiger partial charge in [-0.2, -0.15) is 0 Å². The average molecular weight is 258 g/mol. The number of methoxy groups -OCH3 is 1. The standard InChI is InChI=1S/C10H8ClNO3S/c1-15-9-2-3-10(16(11,13)14)8-6-12-5-4-7(8)9/h2-6H,1H3. The van der Waals surface area contributed by atoms with Crippen LogP contribution < -0.4 is 4.74 Å². The molecule has 1 aromatic heterocycles. The van der Waals surface area contributed by atoms with Gasteiger partial charge in [-0.25, -0.2) is 8.42 Å². The first-order valence-corrected chi connectivity index (χ1v) is 6.70. The minimum atomic E-state index is -3.78. The van der Waals surface area contributed by atoms with E-state index in [1.54, 1.807) is 18.3 Å². The highest BCUT2D eigenvalue weighted by Gasteiger charge is 2.16. The number of nitrogens with zero attached hydrogens (tertiary/aromatic N) is 1. The van der Waals surface area contributed by atoms with E-state index in [1.807, 2.05) is 0 Å². The molecule has 0 saturated heterocycles. The van der Waals surface area contributed by atoms with Crippen molar-refractivity contribution in [1.29, 1.82) is 0 Å². The van der Waals surface area contributed by atoms with E-state index in [0.717, 1.165) is 0 Å². The summed E-state index contributed by atoms with van der Waals surface area (Å²) in [6.45, 7) is 0. The van der Waals surface area contributed by atoms with E-state index in [9.17, 15) is 8.42 Å². The summed E-state index contributed by atoms with van der Waals surface area (Å²) in [4.78, 5) is 3.92. The van der Waals surface area contributed by atoms with Crippen molar-refractivity contribution in [2.45, 2.75) is 4.90 Å². The number of rotatable bonds is 2. The maximum Gasteiger partial charge on any atom is 0.261 e. The van der Waals surface area contributed by atoms with Crippen molar-refractivity contribution in [1.82, 2.24) is 4.98 Å². The van der Waals surface area contributed by atoms with Crippen LogP contribution in [0.1, 0.15) is 0 Å². The molecule has 6 heteroatoms. The highest BCUT2D eigenvalue weighted by atomic mass is 35.7. The van der Waals surface area contributed by atoms with Crippen molar-refractivity contribution < 1.29 is 13.2 Å². The van der Waals surface area contributed by atoms with Gasteiger partial charge >= 0.3 is 0 Å². The summed E-state index contributed by atoms with van der Waals surface area (Å²) in [5.41, 5.74) is 0. The predicted molar refractivity (Wildman–Crippen MR) is 61.3 cm³/mol. The third-order valence-electron chi connectivity index (χ3n) is 2.22. The third-order valence-corrected chi connectivity index (χ3v) is 3.60. The number of pyridine rings is 1. The minimum Gasteiger partial charge on any atom is -0.496 e. The van der Waals surface area contributed by atoms with E-state index < -0.39 is 9.05 Å². The van der Waals surface area contributed by atoms with Gasteiger partial charge in [0.15, 0.2) is 0 Å². The van der Waals surface area contributed by atoms with Gasteiger partial charge in [-0.3, -0.25) is 4.98 Å². The van der Waals surface area contributed by atoms with Crippen LogP contribution in [-0.4, -0.2) is 20.5 Å². The lowest BCUT2D eigenvalue weighted by atomic mass is 10.1. The Bertz CT molecular complexity index is 640. The zero-order chi connectivity index (χ0) is 11.8. The summed E-state index contributed by atoms with van der Waals surface area (Å²) in [6.07, 6.45) is 3.02. The molecule has 84 valence electrons. The fourth-order valence-electron chi connectivity index (χ4n) is 1.53. The molecule has 4 nitrogen and oxygen atoms in total. The van der Waals surface area contributed by atoms with Crippen LogP contribution in [0.2, 0.25) is 0 Å². The molecule has 16 heavy (non-hydrogen) atoms. The molecule has 0 spiro atoms. The predicted octanol–water partition coefficient (Wildman–Crippen LogP) is 2.17. The second kappa shape index (κ2) is 3.92. The van der Waals surface area contributed by atoms with E-state index >= 15 is 0 Å². The number of aromatic nitrogens is 1. The van der Waals surface area contributed by atoms with Crippen molar-refractivity contribution in [3.63, 3.8) is 0 Å². The lowest BCUT2D eigenvalue weighted by Gasteiger charge is -2.07. The molecule has 2 aromatic rings. The van der Waals surface area contributed by atoms with Gasteiger partial charge in [-0.15, -0.1) is 0 Å². The highest BCUT2D eigenvalue weighted by molar-refractivity contribution is 8.14. The molecule has 0 aliphatic heterocycles. The minimum absolute atomic E-state index is 0.0399. The Morgan fingerprint density at radius 2 is 2.00 bits per heavy atom. The topological polar surface area (TPSA) is 56.3 Å². The van der Waals surface area contributed by atoms with Crippen LogP contribution in [0.3, 0.4) is 0 Å². The summed E-state index contributed by atoms with van der Waals surface area (Å²) in [5.74, 6) is 0.585. The smallest absolute Gasteiger partial charge is 0.261 e. The molecule has 1 aromatic carbocycles. The van der Waals surface area contributed by atoms with Crippen molar-refractivity contribution in [2.24, 2.45) is 0 Å². The lowest BCUT2D eigenvalue weighted by Crippen LogP contribution is -1.94. The van der Waals surface area contributed by atoms with Gasteiger partial charge < -0.3 is 4.74 Å². The monoisotopic (exact) mass is 257 g/mol. The molecule has 0 aliphatic carbocycles. The Kier molecular flexibility index (Phi) is 2.73. The Morgan fingerprint density at radius 1 is 1.25 bits per heavy atom. The Hall–Kier alpha value is -1.33. The maximum absolute atomic E-state index is 11.3. The van der Waals surface area contributed by atoms with Crippen LogP contribution in [0.25, 0.3) is 10.8 Å². The molecule has 0 bridgehead atoms. The summed E-state index contributed by atoms with van der Waals surface area (Å²) in [6, 6.07) is 4.66. The molecular formula is C10H8ClNO3S. The number of hydrogen-bond acceptors (Lipinski definition) is 4. The molecule has 0 radical (unpaired) electrons. The SMILES string of the molecule is COc1ccc(S(=O)(=O)Cl)c2cnccc12. The number of hydrogen-bond donors (Lipinski definition) is 0. The maximum atomic E-state index is 11.3. The summed E-state index contributed by atoms with van der Waals surface area (Å²) in [5, 5.41) is 1.12. The molecule has 1 heterocycles. The molecule has 0 atom stereocenters. The van der Waals surface area contributed by atoms with Gasteiger partial charge in [-0.1, -0.05) is 0 Å². The Labute approximate surface area is 97.2 Å². The first-order chi connectivity index (χ1) is 7.54. The first-order valence-electron chi connectivity index (χ1n) is 4.39. The number of ether oxygens (including phenoxy) is 1. The zero-order valence-electron chi connectivity index (χ0n) is 8.34. The second-order valence-corrected chi connectivity index (χ2v) is 5.66. The van der Waals surface area contributed by atoms with Crippen molar-refractivity contribution in [3.8, 4) is 5.75 Å². The molecule has 0 fully saturated rings. The normalized spacial score (nSPS) is 11.6. The fraction of sp³-hybridized carbons (Fsp3) is 0.100. The summed E-state index contributed by atoms with van der Waals surface area (Å²) < 4.78 is 27.8. The molecule has 0 saturated carbocycles. The molecule has 0 unspecified atom stereocenters. The van der Waals surface area contributed by atoms with Crippen LogP contribution in [0.5, 0.6) is 5.75 Å². The van der Waals surface area contributed by atoms with Crippen LogP contribution >= 0.6 is 10.7 Å². The Balaban J connectivity index is 2.91. The third kappa shape index (κ3) is 1.83. The Morgan fingerprint density at radius 3 is 2.62 bits per heavy atom. The van der Waals surface area contributed by atoms with Crippen molar-refractivity contribution in [2.75, 3.05) is 7.11 Å². The largest absolute Gasteiger partial charge is 0.496 e. The molecule has 0 amide bonds. The van der Waals surface area contributed by atoms with Crippen LogP contribution in [0.15, 0.2) is 35.5 Å². The van der Waals surface area contributed by atoms with E-state index in [1.165, 1.54) is 19.4 Å². The highest BCUT2D eigenvalue weighted by Crippen LogP contribution is 2.31. The molecule has 0 N–H and O–H groups in total. The molecule has 0 aliphatic rings. The second-order valence-electron chi connectivity index (χ2n) is 3.13. The van der Waals surface area contributed by atoms with Crippen LogP contribution in [-0.2, 0) is 9.05 Å². The van der Waals surface area contributed by atoms with Gasteiger partial charge in [0, 0.05) is 33.8 Å². The number of benzene rings is 1. The van der Waals surface area contributed by atoms with Gasteiger partial charge in [0.2, 0.25) is 0 Å². The van der Waals surface area contributed by atoms with Crippen LogP contribution in [0, 0.1) is 0 Å². The van der Waals surface area contributed by atoms with Gasteiger partial charge in [-0.05, 0) is 18.2 Å². The van der Waals surface area contributed by atoms with Crippen molar-refractivity contribution in [3.05, 3.63) is 30.6 Å². The molecule has 2 rings (SSSR count). The summed E-state index contributed by atoms with van der Waals surface area (Å²) in [7, 11) is 3.08. The number of halogens is 1. The van der Waals surface area contributed by atoms with E-state index in [4.69, 9.17) is 15.4 Å². The summed E-state index contributed by atoms with van der Waals surface area (Å²) >= 11 is 0. The van der Waals surface area contributed by atoms with Gasteiger partial charge in [0.1, 0.15) is 5.75 Å². The van der Waals surface area contributed by atoms with Crippen molar-refractivity contribution >= 4 is 30.5 Å². The lowest BCUT2D eigenvalue weighted by molar-refractivity contribution is 0.419. The first kappa shape index (κ1) is 11.2. The number of fused-ring (bicyclic) bond motifs is 1. The van der Waals surface area contributed by atoms with E-state index in [-0.39, 0.29) is 4.90 Å². The van der Waals surface area contributed by atoms with E-state index in [2.05, 4.69) is 4.98 Å². The zero-order valence-corrected chi connectivity index (χ0v) is 9.92. The fourth-order valence-corrected chi connectivity index (χ4v) is 2.59. The quantitative estimate of drug-likeness (QED) is 0.774. The van der Waals surface area contributed by atoms with Gasteiger partial charge in [0.25, 0.3) is 9.05 Å². The average Bonchev–Trinajstić information content (AvgIpc) is 2.26. The molecular weight excluding hydrogens is 250 g/mol. The van der Waals surface area contributed by atoms with Crippen LogP contribution in [0.4, 0.5) is 0 Å².